The number of aromatic nitrogens is 2. The Kier molecular flexibility index (Phi) is 4.14. The molecule has 2 aromatic rings. The molecular weight excluding hydrogens is 304 g/mol. The minimum Gasteiger partial charge on any atom is -0.393 e. The molecule has 128 valence electrons. The number of H-pyrrole nitrogens is 1. The van der Waals surface area contributed by atoms with E-state index >= 15 is 0 Å². The Morgan fingerprint density at radius 2 is 2.04 bits per heavy atom. The number of hydrogen-bond donors (Lipinski definition) is 3. The Morgan fingerprint density at radius 1 is 1.29 bits per heavy atom. The molecule has 0 aliphatic carbocycles. The van der Waals surface area contributed by atoms with Gasteiger partial charge in [-0.2, -0.15) is 0 Å². The molecule has 1 aromatic carbocycles. The summed E-state index contributed by atoms with van der Waals surface area (Å²) in [5, 5.41) is 12.9. The first-order chi connectivity index (χ1) is 11.7. The Morgan fingerprint density at radius 3 is 2.79 bits per heavy atom. The summed E-state index contributed by atoms with van der Waals surface area (Å²) in [4.78, 5) is 22.3. The molecule has 2 atom stereocenters. The zero-order chi connectivity index (χ0) is 16.5. The van der Waals surface area contributed by atoms with Crippen LogP contribution in [0.25, 0.3) is 11.0 Å². The minimum absolute atomic E-state index is 0.0269. The van der Waals surface area contributed by atoms with Crippen LogP contribution in [-0.2, 0) is 6.42 Å². The van der Waals surface area contributed by atoms with Gasteiger partial charge in [0.15, 0.2) is 0 Å². The first-order valence-corrected chi connectivity index (χ1v) is 8.88. The Bertz CT molecular complexity index is 682. The quantitative estimate of drug-likeness (QED) is 0.753. The van der Waals surface area contributed by atoms with Gasteiger partial charge in [0.05, 0.1) is 17.1 Å². The highest BCUT2D eigenvalue weighted by Gasteiger charge is 2.42. The number of aliphatic hydroxyl groups is 1. The highest BCUT2D eigenvalue weighted by Crippen LogP contribution is 2.35. The van der Waals surface area contributed by atoms with Gasteiger partial charge >= 0.3 is 6.03 Å². The number of nitrogens with one attached hydrogen (secondary N) is 2. The maximum absolute atomic E-state index is 12.4. The van der Waals surface area contributed by atoms with Crippen molar-refractivity contribution in [3.8, 4) is 0 Å². The van der Waals surface area contributed by atoms with Crippen LogP contribution in [0.4, 0.5) is 4.79 Å². The second-order valence-electron chi connectivity index (χ2n) is 6.95. The number of aromatic amines is 1. The lowest BCUT2D eigenvalue weighted by Gasteiger charge is -2.37. The Hall–Kier alpha value is -2.08. The number of carbonyl (C=O) groups excluding carboxylic acids is 1. The van der Waals surface area contributed by atoms with Gasteiger partial charge in [-0.25, -0.2) is 9.78 Å². The van der Waals surface area contributed by atoms with Gasteiger partial charge in [-0.15, -0.1) is 0 Å². The van der Waals surface area contributed by atoms with E-state index in [0.29, 0.717) is 6.54 Å². The third kappa shape index (κ3) is 2.98. The molecule has 2 saturated heterocycles. The van der Waals surface area contributed by atoms with Gasteiger partial charge in [-0.05, 0) is 44.2 Å². The van der Waals surface area contributed by atoms with Crippen LogP contribution in [0, 0.1) is 0 Å². The first kappa shape index (κ1) is 15.4. The molecule has 3 N–H and O–H groups in total. The molecule has 4 rings (SSSR count). The number of aliphatic hydroxyl groups excluding tert-OH is 1. The van der Waals surface area contributed by atoms with E-state index in [-0.39, 0.29) is 24.2 Å². The predicted molar refractivity (Wildman–Crippen MR) is 91.7 cm³/mol. The molecule has 2 fully saturated rings. The van der Waals surface area contributed by atoms with E-state index in [4.69, 9.17) is 0 Å². The number of rotatable bonds is 4. The SMILES string of the molecule is O=C(NCCCc1nc2ccccc2[nH]1)N1[C@H]2CC[C@H]1CC(O)C2. The van der Waals surface area contributed by atoms with Gasteiger partial charge in [-0.1, -0.05) is 12.1 Å². The molecule has 0 saturated carbocycles. The second-order valence-corrected chi connectivity index (χ2v) is 6.95. The summed E-state index contributed by atoms with van der Waals surface area (Å²) in [6, 6.07) is 8.46. The Labute approximate surface area is 141 Å². The monoisotopic (exact) mass is 328 g/mol. The Balaban J connectivity index is 1.26. The van der Waals surface area contributed by atoms with Crippen molar-refractivity contribution in [1.29, 1.82) is 0 Å². The fourth-order valence-electron chi connectivity index (χ4n) is 4.15. The van der Waals surface area contributed by atoms with E-state index in [1.165, 1.54) is 0 Å². The highest BCUT2D eigenvalue weighted by atomic mass is 16.3. The molecule has 2 amide bonds. The van der Waals surface area contributed by atoms with Crippen LogP contribution in [0.1, 0.15) is 37.9 Å². The van der Waals surface area contributed by atoms with Crippen molar-refractivity contribution in [2.24, 2.45) is 0 Å². The summed E-state index contributed by atoms with van der Waals surface area (Å²) < 4.78 is 0. The number of fused-ring (bicyclic) bond motifs is 3. The molecule has 1 aromatic heterocycles. The van der Waals surface area contributed by atoms with E-state index in [1.807, 2.05) is 29.2 Å². The van der Waals surface area contributed by atoms with E-state index in [0.717, 1.165) is 55.4 Å². The number of imidazole rings is 1. The summed E-state index contributed by atoms with van der Waals surface area (Å²) in [6.07, 6.45) is 4.94. The van der Waals surface area contributed by atoms with E-state index < -0.39 is 0 Å². The number of hydrogen-bond acceptors (Lipinski definition) is 3. The lowest BCUT2D eigenvalue weighted by atomic mass is 10.0. The summed E-state index contributed by atoms with van der Waals surface area (Å²) in [5.41, 5.74) is 2.04. The van der Waals surface area contributed by atoms with Crippen molar-refractivity contribution in [3.05, 3.63) is 30.1 Å². The van der Waals surface area contributed by atoms with Crippen LogP contribution in [0.15, 0.2) is 24.3 Å². The number of aryl methyl sites for hydroxylation is 1. The summed E-state index contributed by atoms with van der Waals surface area (Å²) >= 11 is 0. The maximum atomic E-state index is 12.4. The number of piperidine rings is 1. The normalized spacial score (nSPS) is 26.0. The van der Waals surface area contributed by atoms with Crippen LogP contribution < -0.4 is 5.32 Å². The fraction of sp³-hybridized carbons (Fsp3) is 0.556. The number of para-hydroxylation sites is 2. The average molecular weight is 328 g/mol. The van der Waals surface area contributed by atoms with Crippen molar-refractivity contribution < 1.29 is 9.90 Å². The largest absolute Gasteiger partial charge is 0.393 e. The first-order valence-electron chi connectivity index (χ1n) is 8.88. The van der Waals surface area contributed by atoms with Crippen LogP contribution in [-0.4, -0.2) is 50.7 Å². The average Bonchev–Trinajstić information content (AvgIpc) is 3.10. The lowest BCUT2D eigenvalue weighted by molar-refractivity contribution is 0.0543. The molecule has 2 aliphatic heterocycles. The van der Waals surface area contributed by atoms with E-state index in [1.54, 1.807) is 0 Å². The molecule has 2 bridgehead atoms. The fourth-order valence-corrected chi connectivity index (χ4v) is 4.15. The van der Waals surface area contributed by atoms with Gasteiger partial charge in [-0.3, -0.25) is 0 Å². The molecule has 6 heteroatoms. The van der Waals surface area contributed by atoms with Crippen LogP contribution >= 0.6 is 0 Å². The number of nitrogens with zero attached hydrogens (tertiary/aromatic N) is 2. The third-order valence-electron chi connectivity index (χ3n) is 5.25. The van der Waals surface area contributed by atoms with Crippen molar-refractivity contribution in [2.45, 2.75) is 56.7 Å². The lowest BCUT2D eigenvalue weighted by Crippen LogP contribution is -2.52. The predicted octanol–water partition coefficient (Wildman–Crippen LogP) is 2.19. The van der Waals surface area contributed by atoms with Crippen molar-refractivity contribution in [3.63, 3.8) is 0 Å². The third-order valence-corrected chi connectivity index (χ3v) is 5.25. The van der Waals surface area contributed by atoms with Crippen molar-refractivity contribution >= 4 is 17.1 Å². The minimum atomic E-state index is -0.236. The number of carbonyl (C=O) groups is 1. The molecule has 24 heavy (non-hydrogen) atoms. The number of urea groups is 1. The van der Waals surface area contributed by atoms with Crippen LogP contribution in [0.2, 0.25) is 0 Å². The van der Waals surface area contributed by atoms with Crippen molar-refractivity contribution in [1.82, 2.24) is 20.2 Å². The molecule has 6 nitrogen and oxygen atoms in total. The zero-order valence-corrected chi connectivity index (χ0v) is 13.7. The molecule has 0 radical (unpaired) electrons. The maximum Gasteiger partial charge on any atom is 0.317 e. The summed E-state index contributed by atoms with van der Waals surface area (Å²) in [5.74, 6) is 0.964. The van der Waals surface area contributed by atoms with Crippen molar-refractivity contribution in [2.75, 3.05) is 6.54 Å². The number of amides is 2. The van der Waals surface area contributed by atoms with Crippen LogP contribution in [0.5, 0.6) is 0 Å². The van der Waals surface area contributed by atoms with E-state index in [9.17, 15) is 9.90 Å². The van der Waals surface area contributed by atoms with Gasteiger partial charge in [0.1, 0.15) is 5.82 Å². The molecule has 3 heterocycles. The summed E-state index contributed by atoms with van der Waals surface area (Å²) in [6.45, 7) is 0.647. The zero-order valence-electron chi connectivity index (χ0n) is 13.7. The highest BCUT2D eigenvalue weighted by molar-refractivity contribution is 5.75. The molecule has 2 aliphatic rings. The second kappa shape index (κ2) is 6.43. The van der Waals surface area contributed by atoms with Gasteiger partial charge in [0, 0.05) is 25.0 Å². The molecule has 0 unspecified atom stereocenters. The van der Waals surface area contributed by atoms with Gasteiger partial charge in [0.2, 0.25) is 0 Å². The molecular formula is C18H24N4O2. The van der Waals surface area contributed by atoms with Gasteiger partial charge in [0.25, 0.3) is 0 Å². The van der Waals surface area contributed by atoms with Gasteiger partial charge < -0.3 is 20.3 Å². The van der Waals surface area contributed by atoms with Crippen LogP contribution in [0.3, 0.4) is 0 Å². The number of benzene rings is 1. The topological polar surface area (TPSA) is 81.2 Å². The standard InChI is InChI=1S/C18H24N4O2/c23-14-10-12-7-8-13(11-14)22(12)18(24)19-9-3-6-17-20-15-4-1-2-5-16(15)21-17/h1-2,4-5,12-14,23H,3,6-11H2,(H,19,24)(H,20,21)/t12-,13-/m0/s1. The smallest absolute Gasteiger partial charge is 0.317 e. The molecule has 0 spiro atoms. The summed E-state index contributed by atoms with van der Waals surface area (Å²) in [7, 11) is 0. The van der Waals surface area contributed by atoms with E-state index in [2.05, 4.69) is 15.3 Å².